The Morgan fingerprint density at radius 2 is 2.22 bits per heavy atom. The van der Waals surface area contributed by atoms with E-state index in [2.05, 4.69) is 19.2 Å². The van der Waals surface area contributed by atoms with Gasteiger partial charge in [0.2, 0.25) is 6.29 Å². The maximum Gasteiger partial charge on any atom is 0.286 e. The highest BCUT2D eigenvalue weighted by Crippen LogP contribution is 2.37. The van der Waals surface area contributed by atoms with Gasteiger partial charge in [-0.2, -0.15) is 0 Å². The van der Waals surface area contributed by atoms with Gasteiger partial charge in [-0.3, -0.25) is 4.79 Å². The molecule has 3 atom stereocenters. The lowest BCUT2D eigenvalue weighted by atomic mass is 9.78. The third-order valence-electron chi connectivity index (χ3n) is 4.70. The predicted molar refractivity (Wildman–Crippen MR) is 88.5 cm³/mol. The van der Waals surface area contributed by atoms with Crippen LogP contribution in [0.1, 0.15) is 46.5 Å². The zero-order valence-corrected chi connectivity index (χ0v) is 14.6. The molecule has 0 aromatic rings. The fraction of sp³-hybridized carbons (Fsp3) is 0.833. The molecule has 0 aromatic carbocycles. The third-order valence-corrected chi connectivity index (χ3v) is 4.70. The summed E-state index contributed by atoms with van der Waals surface area (Å²) in [4.78, 5) is 12.4. The Labute approximate surface area is 139 Å². The van der Waals surface area contributed by atoms with Crippen molar-refractivity contribution in [3.63, 3.8) is 0 Å². The summed E-state index contributed by atoms with van der Waals surface area (Å²) in [6.45, 7) is 7.68. The quantitative estimate of drug-likeness (QED) is 0.683. The van der Waals surface area contributed by atoms with Gasteiger partial charge in [0, 0.05) is 25.7 Å². The third kappa shape index (κ3) is 5.21. The summed E-state index contributed by atoms with van der Waals surface area (Å²) < 4.78 is 11.6. The zero-order chi connectivity index (χ0) is 16.8. The lowest BCUT2D eigenvalue weighted by Gasteiger charge is -2.38. The van der Waals surface area contributed by atoms with E-state index in [4.69, 9.17) is 14.6 Å². The highest BCUT2D eigenvalue weighted by Gasteiger charge is 2.38. The Kier molecular flexibility index (Phi) is 6.90. The van der Waals surface area contributed by atoms with Crippen molar-refractivity contribution in [2.24, 2.45) is 23.7 Å². The standard InChI is InChI=1S/C18H31NO4/c1-4-22-18-14(6-5-9-20)15(12(2)3)10-16(23-18)17(21)19-11-13-7-8-13/h10,12-15,18,20H,4-9,11H2,1-3H3,(H,19,21)/t14-,15-,18-/m1/s1. The van der Waals surface area contributed by atoms with Crippen LogP contribution in [0.4, 0.5) is 0 Å². The first-order chi connectivity index (χ1) is 11.1. The van der Waals surface area contributed by atoms with E-state index in [1.165, 1.54) is 12.8 Å². The smallest absolute Gasteiger partial charge is 0.286 e. The Morgan fingerprint density at radius 3 is 2.78 bits per heavy atom. The van der Waals surface area contributed by atoms with E-state index in [0.29, 0.717) is 24.2 Å². The number of amides is 1. The number of ether oxygens (including phenoxy) is 2. The number of nitrogens with one attached hydrogen (secondary N) is 1. The molecule has 132 valence electrons. The van der Waals surface area contributed by atoms with Crippen LogP contribution in [0.25, 0.3) is 0 Å². The van der Waals surface area contributed by atoms with E-state index in [0.717, 1.165) is 19.4 Å². The maximum absolute atomic E-state index is 12.4. The lowest BCUT2D eigenvalue weighted by molar-refractivity contribution is -0.175. The molecule has 0 unspecified atom stereocenters. The molecule has 1 saturated carbocycles. The van der Waals surface area contributed by atoms with E-state index < -0.39 is 6.29 Å². The number of carbonyl (C=O) groups is 1. The van der Waals surface area contributed by atoms with Crippen molar-refractivity contribution in [1.29, 1.82) is 0 Å². The van der Waals surface area contributed by atoms with Gasteiger partial charge in [0.05, 0.1) is 0 Å². The average Bonchev–Trinajstić information content (AvgIpc) is 3.35. The van der Waals surface area contributed by atoms with Gasteiger partial charge in [0.15, 0.2) is 5.76 Å². The van der Waals surface area contributed by atoms with Gasteiger partial charge in [-0.1, -0.05) is 13.8 Å². The van der Waals surface area contributed by atoms with Crippen LogP contribution in [0.5, 0.6) is 0 Å². The van der Waals surface area contributed by atoms with Crippen molar-refractivity contribution in [2.45, 2.75) is 52.7 Å². The highest BCUT2D eigenvalue weighted by molar-refractivity contribution is 5.91. The largest absolute Gasteiger partial charge is 0.459 e. The van der Waals surface area contributed by atoms with Crippen LogP contribution >= 0.6 is 0 Å². The van der Waals surface area contributed by atoms with Gasteiger partial charge >= 0.3 is 0 Å². The molecule has 1 aliphatic carbocycles. The van der Waals surface area contributed by atoms with E-state index in [1.54, 1.807) is 0 Å². The minimum Gasteiger partial charge on any atom is -0.459 e. The van der Waals surface area contributed by atoms with Gasteiger partial charge in [0.1, 0.15) is 0 Å². The molecule has 0 saturated heterocycles. The molecule has 5 heteroatoms. The Bertz CT molecular complexity index is 417. The first kappa shape index (κ1) is 18.3. The second-order valence-electron chi connectivity index (χ2n) is 6.98. The molecule has 2 aliphatic rings. The van der Waals surface area contributed by atoms with Crippen LogP contribution in [0.2, 0.25) is 0 Å². The van der Waals surface area contributed by atoms with Gasteiger partial charge in [-0.25, -0.2) is 0 Å². The molecule has 1 amide bonds. The first-order valence-electron chi connectivity index (χ1n) is 8.95. The van der Waals surface area contributed by atoms with Gasteiger partial charge in [-0.05, 0) is 56.4 Å². The number of rotatable bonds is 9. The van der Waals surface area contributed by atoms with Crippen molar-refractivity contribution in [1.82, 2.24) is 5.32 Å². The summed E-state index contributed by atoms with van der Waals surface area (Å²) in [5.74, 6) is 1.67. The molecule has 23 heavy (non-hydrogen) atoms. The van der Waals surface area contributed by atoms with Gasteiger partial charge in [0.25, 0.3) is 5.91 Å². The van der Waals surface area contributed by atoms with Crippen LogP contribution < -0.4 is 5.32 Å². The summed E-state index contributed by atoms with van der Waals surface area (Å²) in [6.07, 6.45) is 5.52. The summed E-state index contributed by atoms with van der Waals surface area (Å²) in [5.41, 5.74) is 0. The van der Waals surface area contributed by atoms with E-state index in [1.807, 2.05) is 13.0 Å². The lowest BCUT2D eigenvalue weighted by Crippen LogP contribution is -2.41. The number of aliphatic hydroxyl groups is 1. The minimum atomic E-state index is -0.411. The number of aliphatic hydroxyl groups excluding tert-OH is 1. The fourth-order valence-corrected chi connectivity index (χ4v) is 3.17. The Hall–Kier alpha value is -1.07. The highest BCUT2D eigenvalue weighted by atomic mass is 16.7. The van der Waals surface area contributed by atoms with Crippen molar-refractivity contribution < 1.29 is 19.4 Å². The molecule has 1 aliphatic heterocycles. The number of hydrogen-bond donors (Lipinski definition) is 2. The number of carbonyl (C=O) groups excluding carboxylic acids is 1. The minimum absolute atomic E-state index is 0.132. The van der Waals surface area contributed by atoms with Crippen molar-refractivity contribution in [2.75, 3.05) is 19.8 Å². The van der Waals surface area contributed by atoms with Crippen molar-refractivity contribution in [3.05, 3.63) is 11.8 Å². The SMILES string of the molecule is CCO[C@@H]1OC(C(=O)NCC2CC2)=C[C@H](C(C)C)[C@H]1CCCO. The monoisotopic (exact) mass is 325 g/mol. The Morgan fingerprint density at radius 1 is 1.48 bits per heavy atom. The van der Waals surface area contributed by atoms with E-state index >= 15 is 0 Å². The molecule has 0 radical (unpaired) electrons. The van der Waals surface area contributed by atoms with Crippen LogP contribution in [0.3, 0.4) is 0 Å². The summed E-state index contributed by atoms with van der Waals surface area (Å²) in [5, 5.41) is 12.1. The van der Waals surface area contributed by atoms with Crippen molar-refractivity contribution >= 4 is 5.91 Å². The predicted octanol–water partition coefficient (Wildman–Crippen LogP) is 2.45. The molecular formula is C18H31NO4. The molecule has 1 fully saturated rings. The maximum atomic E-state index is 12.4. The molecule has 2 N–H and O–H groups in total. The fourth-order valence-electron chi connectivity index (χ4n) is 3.17. The Balaban J connectivity index is 2.09. The molecule has 1 heterocycles. The van der Waals surface area contributed by atoms with Crippen LogP contribution in [0, 0.1) is 23.7 Å². The number of allylic oxidation sites excluding steroid dienone is 1. The molecule has 0 spiro atoms. The zero-order valence-electron chi connectivity index (χ0n) is 14.6. The summed E-state index contributed by atoms with van der Waals surface area (Å²) >= 11 is 0. The van der Waals surface area contributed by atoms with E-state index in [-0.39, 0.29) is 24.3 Å². The van der Waals surface area contributed by atoms with Crippen LogP contribution in [-0.4, -0.2) is 37.1 Å². The molecule has 0 bridgehead atoms. The summed E-state index contributed by atoms with van der Waals surface area (Å²) in [6, 6.07) is 0. The number of hydrogen-bond acceptors (Lipinski definition) is 4. The van der Waals surface area contributed by atoms with E-state index in [9.17, 15) is 4.79 Å². The first-order valence-corrected chi connectivity index (χ1v) is 8.95. The van der Waals surface area contributed by atoms with Gasteiger partial charge < -0.3 is 19.9 Å². The van der Waals surface area contributed by atoms with Crippen LogP contribution in [0.15, 0.2) is 11.8 Å². The second-order valence-corrected chi connectivity index (χ2v) is 6.98. The average molecular weight is 325 g/mol. The molecule has 5 nitrogen and oxygen atoms in total. The van der Waals surface area contributed by atoms with Crippen molar-refractivity contribution in [3.8, 4) is 0 Å². The molecule has 0 aromatic heterocycles. The van der Waals surface area contributed by atoms with Crippen LogP contribution in [-0.2, 0) is 14.3 Å². The molecular weight excluding hydrogens is 294 g/mol. The summed E-state index contributed by atoms with van der Waals surface area (Å²) in [7, 11) is 0. The van der Waals surface area contributed by atoms with Gasteiger partial charge in [-0.15, -0.1) is 0 Å². The normalized spacial score (nSPS) is 27.5. The second kappa shape index (κ2) is 8.69. The molecule has 2 rings (SSSR count). The topological polar surface area (TPSA) is 67.8 Å².